The average molecular weight is 338 g/mol. The highest BCUT2D eigenvalue weighted by atomic mass is 16.5. The Bertz CT molecular complexity index is 845. The van der Waals surface area contributed by atoms with E-state index < -0.39 is 0 Å². The van der Waals surface area contributed by atoms with Crippen molar-refractivity contribution in [2.24, 2.45) is 0 Å². The summed E-state index contributed by atoms with van der Waals surface area (Å²) < 4.78 is 10.7. The van der Waals surface area contributed by atoms with Crippen LogP contribution in [0, 0.1) is 6.92 Å². The highest BCUT2D eigenvalue weighted by Gasteiger charge is 2.10. The number of benzene rings is 1. The Morgan fingerprint density at radius 3 is 2.92 bits per heavy atom. The summed E-state index contributed by atoms with van der Waals surface area (Å²) in [6.45, 7) is 4.54. The van der Waals surface area contributed by atoms with Crippen molar-refractivity contribution < 1.29 is 9.26 Å². The van der Waals surface area contributed by atoms with Crippen molar-refractivity contribution >= 4 is 5.82 Å². The summed E-state index contributed by atoms with van der Waals surface area (Å²) in [5.74, 6) is 3.14. The molecule has 1 N–H and O–H groups in total. The maximum atomic E-state index is 5.45. The van der Waals surface area contributed by atoms with Crippen molar-refractivity contribution in [3.63, 3.8) is 0 Å². The van der Waals surface area contributed by atoms with Crippen molar-refractivity contribution in [2.45, 2.75) is 33.2 Å². The van der Waals surface area contributed by atoms with Crippen LogP contribution in [0.2, 0.25) is 0 Å². The summed E-state index contributed by atoms with van der Waals surface area (Å²) in [7, 11) is 1.65. The van der Waals surface area contributed by atoms with Gasteiger partial charge < -0.3 is 14.6 Å². The molecule has 0 bridgehead atoms. The summed E-state index contributed by atoms with van der Waals surface area (Å²) in [5, 5.41) is 7.48. The zero-order valence-corrected chi connectivity index (χ0v) is 14.7. The van der Waals surface area contributed by atoms with E-state index in [4.69, 9.17) is 9.26 Å². The van der Waals surface area contributed by atoms with Crippen LogP contribution in [-0.4, -0.2) is 22.2 Å². The fraction of sp³-hybridized carbons (Fsp3) is 0.316. The van der Waals surface area contributed by atoms with Crippen LogP contribution in [0.3, 0.4) is 0 Å². The van der Waals surface area contributed by atoms with Gasteiger partial charge in [-0.05, 0) is 25.5 Å². The monoisotopic (exact) mass is 338 g/mol. The molecule has 0 atom stereocenters. The lowest BCUT2D eigenvalue weighted by Gasteiger charge is -2.09. The van der Waals surface area contributed by atoms with Crippen LogP contribution in [-0.2, 0) is 13.0 Å². The Morgan fingerprint density at radius 2 is 2.12 bits per heavy atom. The molecule has 0 aliphatic rings. The normalized spacial score (nSPS) is 10.7. The van der Waals surface area contributed by atoms with Gasteiger partial charge in [-0.25, -0.2) is 9.97 Å². The molecule has 2 aromatic heterocycles. The van der Waals surface area contributed by atoms with Gasteiger partial charge in [0.2, 0.25) is 0 Å². The van der Waals surface area contributed by atoms with E-state index in [9.17, 15) is 0 Å². The van der Waals surface area contributed by atoms with E-state index in [0.29, 0.717) is 6.54 Å². The van der Waals surface area contributed by atoms with Gasteiger partial charge >= 0.3 is 0 Å². The molecule has 0 spiro atoms. The lowest BCUT2D eigenvalue weighted by atomic mass is 10.1. The van der Waals surface area contributed by atoms with E-state index in [1.54, 1.807) is 7.11 Å². The Kier molecular flexibility index (Phi) is 5.28. The van der Waals surface area contributed by atoms with E-state index in [1.165, 1.54) is 0 Å². The van der Waals surface area contributed by atoms with Crippen LogP contribution < -0.4 is 10.1 Å². The van der Waals surface area contributed by atoms with Gasteiger partial charge in [0, 0.05) is 23.4 Å². The molecule has 2 heterocycles. The second-order valence-corrected chi connectivity index (χ2v) is 5.81. The summed E-state index contributed by atoms with van der Waals surface area (Å²) in [6.07, 6.45) is 3.87. The zero-order chi connectivity index (χ0) is 17.6. The molecule has 6 nitrogen and oxygen atoms in total. The molecule has 0 amide bonds. The van der Waals surface area contributed by atoms with Gasteiger partial charge in [0.1, 0.15) is 23.1 Å². The number of hydrogen-bond acceptors (Lipinski definition) is 6. The van der Waals surface area contributed by atoms with Gasteiger partial charge in [0.25, 0.3) is 0 Å². The van der Waals surface area contributed by atoms with Gasteiger partial charge in [-0.15, -0.1) is 0 Å². The van der Waals surface area contributed by atoms with E-state index in [0.717, 1.165) is 52.8 Å². The Labute approximate surface area is 147 Å². The maximum absolute atomic E-state index is 5.45. The topological polar surface area (TPSA) is 73.1 Å². The largest absolute Gasteiger partial charge is 0.497 e. The van der Waals surface area contributed by atoms with E-state index in [-0.39, 0.29) is 0 Å². The standard InChI is InChI=1S/C19H22N4O2/c1-4-6-15-11-20-13(2)22-19(15)21-12-17-10-18(23-25-17)14-7-5-8-16(9-14)24-3/h5,7-11H,4,6,12H2,1-3H3,(H,20,21,22). The lowest BCUT2D eigenvalue weighted by molar-refractivity contribution is 0.390. The summed E-state index contributed by atoms with van der Waals surface area (Å²) >= 11 is 0. The number of nitrogens with one attached hydrogen (secondary N) is 1. The molecule has 3 aromatic rings. The molecule has 0 aliphatic carbocycles. The third-order valence-electron chi connectivity index (χ3n) is 3.86. The molecule has 0 aliphatic heterocycles. The number of aryl methyl sites for hydroxylation is 2. The van der Waals surface area contributed by atoms with Crippen molar-refractivity contribution in [3.8, 4) is 17.0 Å². The van der Waals surface area contributed by atoms with Crippen LogP contribution in [0.5, 0.6) is 5.75 Å². The molecule has 0 fully saturated rings. The molecule has 1 aromatic carbocycles. The van der Waals surface area contributed by atoms with Gasteiger partial charge in [-0.1, -0.05) is 30.6 Å². The van der Waals surface area contributed by atoms with Crippen LogP contribution in [0.1, 0.15) is 30.5 Å². The van der Waals surface area contributed by atoms with Crippen LogP contribution in [0.25, 0.3) is 11.3 Å². The number of nitrogens with zero attached hydrogens (tertiary/aromatic N) is 3. The average Bonchev–Trinajstić information content (AvgIpc) is 3.11. The molecule has 25 heavy (non-hydrogen) atoms. The zero-order valence-electron chi connectivity index (χ0n) is 14.7. The first-order chi connectivity index (χ1) is 12.2. The van der Waals surface area contributed by atoms with Gasteiger partial charge in [0.05, 0.1) is 13.7 Å². The fourth-order valence-electron chi connectivity index (χ4n) is 2.59. The molecule has 130 valence electrons. The minimum Gasteiger partial charge on any atom is -0.497 e. The van der Waals surface area contributed by atoms with E-state index >= 15 is 0 Å². The highest BCUT2D eigenvalue weighted by Crippen LogP contribution is 2.24. The maximum Gasteiger partial charge on any atom is 0.156 e. The molecule has 6 heteroatoms. The quantitative estimate of drug-likeness (QED) is 0.701. The van der Waals surface area contributed by atoms with Crippen LogP contribution in [0.15, 0.2) is 41.1 Å². The van der Waals surface area contributed by atoms with Crippen molar-refractivity contribution in [2.75, 3.05) is 12.4 Å². The molecular weight excluding hydrogens is 316 g/mol. The summed E-state index contributed by atoms with van der Waals surface area (Å²) in [4.78, 5) is 8.77. The first-order valence-corrected chi connectivity index (χ1v) is 8.36. The predicted molar refractivity (Wildman–Crippen MR) is 96.6 cm³/mol. The predicted octanol–water partition coefficient (Wildman–Crippen LogP) is 4.01. The molecular formula is C19H22N4O2. The fourth-order valence-corrected chi connectivity index (χ4v) is 2.59. The highest BCUT2D eigenvalue weighted by molar-refractivity contribution is 5.61. The number of ether oxygens (including phenoxy) is 1. The number of methoxy groups -OCH3 is 1. The number of anilines is 1. The smallest absolute Gasteiger partial charge is 0.156 e. The first kappa shape index (κ1) is 17.0. The van der Waals surface area contributed by atoms with Crippen molar-refractivity contribution in [3.05, 3.63) is 53.7 Å². The van der Waals surface area contributed by atoms with Gasteiger partial charge in [0.15, 0.2) is 5.76 Å². The molecule has 0 unspecified atom stereocenters. The molecule has 0 radical (unpaired) electrons. The first-order valence-electron chi connectivity index (χ1n) is 8.36. The molecule has 0 saturated carbocycles. The molecule has 0 saturated heterocycles. The van der Waals surface area contributed by atoms with Crippen LogP contribution >= 0.6 is 0 Å². The third-order valence-corrected chi connectivity index (χ3v) is 3.86. The number of hydrogen-bond donors (Lipinski definition) is 1. The SMILES string of the molecule is CCCc1cnc(C)nc1NCc1cc(-c2cccc(OC)c2)no1. The van der Waals surface area contributed by atoms with E-state index in [2.05, 4.69) is 27.4 Å². The minimum atomic E-state index is 0.518. The Hall–Kier alpha value is -2.89. The third kappa shape index (κ3) is 4.15. The van der Waals surface area contributed by atoms with Gasteiger partial charge in [-0.2, -0.15) is 0 Å². The molecule has 3 rings (SSSR count). The van der Waals surface area contributed by atoms with Gasteiger partial charge in [-0.3, -0.25) is 0 Å². The summed E-state index contributed by atoms with van der Waals surface area (Å²) in [5.41, 5.74) is 2.85. The van der Waals surface area contributed by atoms with Crippen molar-refractivity contribution in [1.82, 2.24) is 15.1 Å². The Balaban J connectivity index is 1.73. The lowest BCUT2D eigenvalue weighted by Crippen LogP contribution is -2.06. The Morgan fingerprint density at radius 1 is 1.24 bits per heavy atom. The number of rotatable bonds is 7. The number of aromatic nitrogens is 3. The van der Waals surface area contributed by atoms with E-state index in [1.807, 2.05) is 43.5 Å². The summed E-state index contributed by atoms with van der Waals surface area (Å²) in [6, 6.07) is 9.67. The van der Waals surface area contributed by atoms with Crippen LogP contribution in [0.4, 0.5) is 5.82 Å². The van der Waals surface area contributed by atoms with Crippen molar-refractivity contribution in [1.29, 1.82) is 0 Å². The second kappa shape index (κ2) is 7.79. The second-order valence-electron chi connectivity index (χ2n) is 5.81. The minimum absolute atomic E-state index is 0.518.